The van der Waals surface area contributed by atoms with Gasteiger partial charge in [0.25, 0.3) is 0 Å². The third-order valence-electron chi connectivity index (χ3n) is 5.31. The van der Waals surface area contributed by atoms with E-state index in [0.29, 0.717) is 5.92 Å². The molecule has 0 unspecified atom stereocenters. The van der Waals surface area contributed by atoms with Gasteiger partial charge in [0.1, 0.15) is 11.5 Å². The Morgan fingerprint density at radius 3 is 2.44 bits per heavy atom. The number of ether oxygens (including phenoxy) is 2. The molecule has 4 rings (SSSR count). The Kier molecular flexibility index (Phi) is 5.21. The maximum Gasteiger partial charge on any atom is 0.159 e. The fourth-order valence-electron chi connectivity index (χ4n) is 3.80. The highest BCUT2D eigenvalue weighted by Crippen LogP contribution is 2.29. The molecule has 0 saturated carbocycles. The van der Waals surface area contributed by atoms with Gasteiger partial charge in [0.2, 0.25) is 0 Å². The Bertz CT molecular complexity index is 898. The van der Waals surface area contributed by atoms with Crippen molar-refractivity contribution >= 4 is 11.0 Å². The molecule has 5 nitrogen and oxygen atoms in total. The van der Waals surface area contributed by atoms with Gasteiger partial charge in [-0.25, -0.2) is 9.97 Å². The molecule has 0 radical (unpaired) electrons. The van der Waals surface area contributed by atoms with Gasteiger partial charge in [-0.3, -0.25) is 4.90 Å². The average Bonchev–Trinajstić information content (AvgIpc) is 2.73. The maximum atomic E-state index is 5.38. The number of piperidine rings is 1. The van der Waals surface area contributed by atoms with Crippen LogP contribution < -0.4 is 9.47 Å². The second-order valence-electron chi connectivity index (χ2n) is 7.06. The number of hydrogen-bond acceptors (Lipinski definition) is 5. The molecule has 1 saturated heterocycles. The van der Waals surface area contributed by atoms with Gasteiger partial charge in [-0.05, 0) is 67.9 Å². The number of aromatic nitrogens is 2. The van der Waals surface area contributed by atoms with Crippen molar-refractivity contribution in [2.75, 3.05) is 27.3 Å². The van der Waals surface area contributed by atoms with Gasteiger partial charge in [-0.15, -0.1) is 0 Å². The second-order valence-corrected chi connectivity index (χ2v) is 7.06. The molecule has 1 fully saturated rings. The van der Waals surface area contributed by atoms with Crippen molar-refractivity contribution in [1.29, 1.82) is 0 Å². The summed E-state index contributed by atoms with van der Waals surface area (Å²) in [7, 11) is 3.38. The lowest BCUT2D eigenvalue weighted by Crippen LogP contribution is -2.32. The summed E-state index contributed by atoms with van der Waals surface area (Å²) >= 11 is 0. The number of nitrogens with zero attached hydrogens (tertiary/aromatic N) is 3. The summed E-state index contributed by atoms with van der Waals surface area (Å²) in [6, 6.07) is 14.4. The molecular formula is C22H25N3O2. The summed E-state index contributed by atoms with van der Waals surface area (Å²) in [5.41, 5.74) is 3.24. The standard InChI is InChI=1S/C22H25N3O2/c1-26-19-12-16(13-20(14-19)27-2)15-25-10-7-17(8-11-25)21-6-5-18-4-3-9-23-22(18)24-21/h3-6,9,12-14,17H,7-8,10-11,15H2,1-2H3. The van der Waals surface area contributed by atoms with E-state index in [1.165, 1.54) is 11.3 Å². The highest BCUT2D eigenvalue weighted by molar-refractivity contribution is 5.74. The smallest absolute Gasteiger partial charge is 0.159 e. The zero-order chi connectivity index (χ0) is 18.6. The first-order chi connectivity index (χ1) is 13.2. The van der Waals surface area contributed by atoms with Crippen molar-refractivity contribution in [2.24, 2.45) is 0 Å². The largest absolute Gasteiger partial charge is 0.497 e. The lowest BCUT2D eigenvalue weighted by atomic mass is 9.92. The van der Waals surface area contributed by atoms with Crippen LogP contribution in [0.4, 0.5) is 0 Å². The highest BCUT2D eigenvalue weighted by Gasteiger charge is 2.22. The van der Waals surface area contributed by atoms with E-state index in [-0.39, 0.29) is 0 Å². The molecule has 1 aromatic carbocycles. The van der Waals surface area contributed by atoms with Crippen LogP contribution in [0, 0.1) is 0 Å². The maximum absolute atomic E-state index is 5.38. The van der Waals surface area contributed by atoms with E-state index in [4.69, 9.17) is 14.5 Å². The fraction of sp³-hybridized carbons (Fsp3) is 0.364. The normalized spacial score (nSPS) is 15.8. The van der Waals surface area contributed by atoms with Crippen LogP contribution in [0.3, 0.4) is 0 Å². The molecule has 0 amide bonds. The van der Waals surface area contributed by atoms with Crippen molar-refractivity contribution in [1.82, 2.24) is 14.9 Å². The van der Waals surface area contributed by atoms with E-state index in [1.807, 2.05) is 18.3 Å². The monoisotopic (exact) mass is 363 g/mol. The van der Waals surface area contributed by atoms with Crippen LogP contribution >= 0.6 is 0 Å². The van der Waals surface area contributed by atoms with Gasteiger partial charge in [0.15, 0.2) is 5.65 Å². The zero-order valence-electron chi connectivity index (χ0n) is 15.9. The molecule has 3 aromatic rings. The third kappa shape index (κ3) is 4.03. The Labute approximate surface area is 160 Å². The van der Waals surface area contributed by atoms with E-state index in [0.717, 1.165) is 55.0 Å². The second kappa shape index (κ2) is 7.92. The van der Waals surface area contributed by atoms with Gasteiger partial charge in [-0.2, -0.15) is 0 Å². The number of benzene rings is 1. The number of hydrogen-bond donors (Lipinski definition) is 0. The van der Waals surface area contributed by atoms with Crippen LogP contribution in [-0.4, -0.2) is 42.2 Å². The molecule has 0 bridgehead atoms. The Morgan fingerprint density at radius 2 is 1.74 bits per heavy atom. The molecule has 0 atom stereocenters. The Balaban J connectivity index is 1.41. The Hall–Kier alpha value is -2.66. The number of methoxy groups -OCH3 is 2. The first-order valence-electron chi connectivity index (χ1n) is 9.41. The van der Waals surface area contributed by atoms with Gasteiger partial charge < -0.3 is 9.47 Å². The number of fused-ring (bicyclic) bond motifs is 1. The summed E-state index contributed by atoms with van der Waals surface area (Å²) in [4.78, 5) is 11.7. The summed E-state index contributed by atoms with van der Waals surface area (Å²) in [5, 5.41) is 1.10. The molecular weight excluding hydrogens is 338 g/mol. The van der Waals surface area contributed by atoms with Gasteiger partial charge in [-0.1, -0.05) is 0 Å². The fourth-order valence-corrected chi connectivity index (χ4v) is 3.80. The molecule has 140 valence electrons. The summed E-state index contributed by atoms with van der Waals surface area (Å²) in [6.07, 6.45) is 4.04. The zero-order valence-corrected chi connectivity index (χ0v) is 15.9. The van der Waals surface area contributed by atoms with Crippen molar-refractivity contribution in [3.05, 3.63) is 59.9 Å². The average molecular weight is 363 g/mol. The Morgan fingerprint density at radius 1 is 1.00 bits per heavy atom. The van der Waals surface area contributed by atoms with Crippen LogP contribution in [0.15, 0.2) is 48.7 Å². The predicted molar refractivity (Wildman–Crippen MR) is 106 cm³/mol. The molecule has 0 N–H and O–H groups in total. The SMILES string of the molecule is COc1cc(CN2CCC(c3ccc4cccnc4n3)CC2)cc(OC)c1. The molecule has 2 aromatic heterocycles. The minimum absolute atomic E-state index is 0.507. The van der Waals surface area contributed by atoms with Gasteiger partial charge in [0, 0.05) is 35.8 Å². The van der Waals surface area contributed by atoms with E-state index < -0.39 is 0 Å². The van der Waals surface area contributed by atoms with E-state index in [2.05, 4.69) is 40.2 Å². The first kappa shape index (κ1) is 17.7. The van der Waals surface area contributed by atoms with Crippen LogP contribution in [0.1, 0.15) is 30.0 Å². The molecule has 5 heteroatoms. The molecule has 27 heavy (non-hydrogen) atoms. The van der Waals surface area contributed by atoms with E-state index in [9.17, 15) is 0 Å². The van der Waals surface area contributed by atoms with Crippen LogP contribution in [-0.2, 0) is 6.54 Å². The third-order valence-corrected chi connectivity index (χ3v) is 5.31. The summed E-state index contributed by atoms with van der Waals surface area (Å²) < 4.78 is 10.8. The van der Waals surface area contributed by atoms with Gasteiger partial charge in [0.05, 0.1) is 14.2 Å². The number of pyridine rings is 2. The van der Waals surface area contributed by atoms with Crippen molar-refractivity contribution < 1.29 is 9.47 Å². The van der Waals surface area contributed by atoms with Crippen LogP contribution in [0.2, 0.25) is 0 Å². The lowest BCUT2D eigenvalue weighted by molar-refractivity contribution is 0.203. The molecule has 0 aliphatic carbocycles. The highest BCUT2D eigenvalue weighted by atomic mass is 16.5. The molecule has 1 aliphatic rings. The molecule has 0 spiro atoms. The summed E-state index contributed by atoms with van der Waals surface area (Å²) in [6.45, 7) is 3.03. The first-order valence-corrected chi connectivity index (χ1v) is 9.41. The quantitative estimate of drug-likeness (QED) is 0.685. The van der Waals surface area contributed by atoms with E-state index >= 15 is 0 Å². The molecule has 3 heterocycles. The van der Waals surface area contributed by atoms with Crippen molar-refractivity contribution in [2.45, 2.75) is 25.3 Å². The van der Waals surface area contributed by atoms with E-state index in [1.54, 1.807) is 14.2 Å². The predicted octanol–water partition coefficient (Wildman–Crippen LogP) is 4.03. The van der Waals surface area contributed by atoms with Crippen LogP contribution in [0.25, 0.3) is 11.0 Å². The van der Waals surface area contributed by atoms with Crippen molar-refractivity contribution in [3.63, 3.8) is 0 Å². The van der Waals surface area contributed by atoms with Crippen LogP contribution in [0.5, 0.6) is 11.5 Å². The number of likely N-dealkylation sites (tertiary alicyclic amines) is 1. The lowest BCUT2D eigenvalue weighted by Gasteiger charge is -2.31. The topological polar surface area (TPSA) is 47.5 Å². The van der Waals surface area contributed by atoms with Gasteiger partial charge >= 0.3 is 0 Å². The number of rotatable bonds is 5. The van der Waals surface area contributed by atoms with Crippen molar-refractivity contribution in [3.8, 4) is 11.5 Å². The summed E-state index contributed by atoms with van der Waals surface area (Å²) in [5.74, 6) is 2.19. The molecule has 1 aliphatic heterocycles. The minimum atomic E-state index is 0.507. The minimum Gasteiger partial charge on any atom is -0.497 e.